The quantitative estimate of drug-likeness (QED) is 0.186. The topological polar surface area (TPSA) is 26.0 Å². The lowest BCUT2D eigenvalue weighted by atomic mass is 9.55. The van der Waals surface area contributed by atoms with Gasteiger partial charge in [0.05, 0.1) is 16.8 Å². The highest BCUT2D eigenvalue weighted by atomic mass is 16.3. The van der Waals surface area contributed by atoms with E-state index in [2.05, 4.69) is 184 Å². The molecule has 7 aromatic carbocycles. The monoisotopic (exact) mass is 677 g/mol. The molecule has 2 nitrogen and oxygen atoms in total. The molecule has 2 heteroatoms. The summed E-state index contributed by atoms with van der Waals surface area (Å²) in [4.78, 5) is 5.30. The lowest BCUT2D eigenvalue weighted by Gasteiger charge is -2.46. The summed E-state index contributed by atoms with van der Waals surface area (Å²) in [7, 11) is 0. The van der Waals surface area contributed by atoms with Gasteiger partial charge >= 0.3 is 0 Å². The van der Waals surface area contributed by atoms with E-state index in [1.807, 2.05) is 6.07 Å². The van der Waals surface area contributed by atoms with Gasteiger partial charge in [-0.3, -0.25) is 0 Å². The summed E-state index contributed by atoms with van der Waals surface area (Å²) in [6, 6.07) is 63.9. The predicted molar refractivity (Wildman–Crippen MR) is 217 cm³/mol. The number of pyridine rings is 1. The van der Waals surface area contributed by atoms with Crippen molar-refractivity contribution >= 4 is 21.9 Å². The van der Waals surface area contributed by atoms with Crippen LogP contribution in [-0.4, -0.2) is 4.98 Å². The van der Waals surface area contributed by atoms with Crippen LogP contribution in [0.1, 0.15) is 47.2 Å². The summed E-state index contributed by atoms with van der Waals surface area (Å²) < 4.78 is 7.03. The molecule has 2 heterocycles. The lowest BCUT2D eigenvalue weighted by molar-refractivity contribution is 0.562. The van der Waals surface area contributed by atoms with Gasteiger partial charge in [0, 0.05) is 27.3 Å². The molecule has 0 bridgehead atoms. The highest BCUT2D eigenvalue weighted by Gasteiger charge is 2.53. The molecule has 0 fully saturated rings. The zero-order valence-electron chi connectivity index (χ0n) is 29.6. The summed E-state index contributed by atoms with van der Waals surface area (Å²) in [6.45, 7) is 4.74. The number of fused-ring (bicyclic) bond motifs is 12. The summed E-state index contributed by atoms with van der Waals surface area (Å²) in [5.74, 6) is 0. The number of aromatic nitrogens is 1. The van der Waals surface area contributed by atoms with Crippen LogP contribution in [-0.2, 0) is 10.8 Å². The molecule has 1 spiro atoms. The van der Waals surface area contributed by atoms with Crippen LogP contribution in [0.2, 0.25) is 0 Å². The van der Waals surface area contributed by atoms with E-state index in [0.29, 0.717) is 0 Å². The molecular weight excluding hydrogens is 643 g/mol. The van der Waals surface area contributed by atoms with E-state index in [1.165, 1.54) is 44.5 Å². The van der Waals surface area contributed by atoms with Crippen LogP contribution in [0.25, 0.3) is 66.7 Å². The van der Waals surface area contributed by atoms with Crippen LogP contribution >= 0.6 is 0 Å². The molecule has 0 N–H and O–H groups in total. The van der Waals surface area contributed by atoms with E-state index in [-0.39, 0.29) is 5.41 Å². The minimum atomic E-state index is -0.458. The third-order valence-electron chi connectivity index (χ3n) is 11.9. The minimum absolute atomic E-state index is 0.254. The average molecular weight is 678 g/mol. The summed E-state index contributed by atoms with van der Waals surface area (Å²) in [5.41, 5.74) is 17.9. The van der Waals surface area contributed by atoms with Crippen molar-refractivity contribution < 1.29 is 4.42 Å². The first kappa shape index (κ1) is 30.1. The molecule has 0 saturated heterocycles. The largest absolute Gasteiger partial charge is 0.455 e. The van der Waals surface area contributed by atoms with E-state index >= 15 is 0 Å². The van der Waals surface area contributed by atoms with Gasteiger partial charge in [-0.05, 0) is 86.0 Å². The Balaban J connectivity index is 1.21. The summed E-state index contributed by atoms with van der Waals surface area (Å²) in [5, 5.41) is 2.22. The van der Waals surface area contributed by atoms with Gasteiger partial charge in [0.2, 0.25) is 0 Å². The first-order valence-corrected chi connectivity index (χ1v) is 18.5. The Morgan fingerprint density at radius 3 is 1.66 bits per heavy atom. The van der Waals surface area contributed by atoms with Crippen LogP contribution in [0.4, 0.5) is 0 Å². The Labute approximate surface area is 309 Å². The van der Waals surface area contributed by atoms with Gasteiger partial charge in [0.25, 0.3) is 0 Å². The van der Waals surface area contributed by atoms with Crippen LogP contribution in [0, 0.1) is 0 Å². The fourth-order valence-electron chi connectivity index (χ4n) is 9.56. The van der Waals surface area contributed by atoms with Gasteiger partial charge in [-0.1, -0.05) is 159 Å². The zero-order valence-corrected chi connectivity index (χ0v) is 29.6. The Bertz CT molecular complexity index is 2810. The van der Waals surface area contributed by atoms with E-state index in [0.717, 1.165) is 55.6 Å². The molecule has 0 aliphatic heterocycles. The van der Waals surface area contributed by atoms with Gasteiger partial charge in [-0.25, -0.2) is 4.98 Å². The molecule has 2 aromatic heterocycles. The molecular formula is C51H35NO. The summed E-state index contributed by atoms with van der Waals surface area (Å²) >= 11 is 0. The highest BCUT2D eigenvalue weighted by molar-refractivity contribution is 6.10. The van der Waals surface area contributed by atoms with Crippen LogP contribution in [0.5, 0.6) is 0 Å². The fraction of sp³-hybridized carbons (Fsp3) is 0.0784. The third kappa shape index (κ3) is 4.12. The summed E-state index contributed by atoms with van der Waals surface area (Å²) in [6.07, 6.45) is 0. The molecule has 0 unspecified atom stereocenters. The Hall–Kier alpha value is -6.51. The molecule has 9 aromatic rings. The van der Waals surface area contributed by atoms with Gasteiger partial charge < -0.3 is 4.42 Å². The molecule has 0 radical (unpaired) electrons. The first-order chi connectivity index (χ1) is 26.0. The van der Waals surface area contributed by atoms with Crippen molar-refractivity contribution in [1.82, 2.24) is 4.98 Å². The Morgan fingerprint density at radius 1 is 0.396 bits per heavy atom. The predicted octanol–water partition coefficient (Wildman–Crippen LogP) is 13.0. The van der Waals surface area contributed by atoms with E-state index < -0.39 is 5.41 Å². The number of furan rings is 1. The van der Waals surface area contributed by atoms with Gasteiger partial charge in [0.1, 0.15) is 11.2 Å². The fourth-order valence-corrected chi connectivity index (χ4v) is 9.56. The molecule has 250 valence electrons. The molecule has 11 rings (SSSR count). The van der Waals surface area contributed by atoms with Crippen molar-refractivity contribution in [3.63, 3.8) is 0 Å². The van der Waals surface area contributed by atoms with Gasteiger partial charge in [-0.15, -0.1) is 0 Å². The lowest BCUT2D eigenvalue weighted by Crippen LogP contribution is -2.40. The molecule has 0 saturated carbocycles. The van der Waals surface area contributed by atoms with Gasteiger partial charge in [-0.2, -0.15) is 0 Å². The standard InChI is InChI=1S/C51H35NO/c1-50(2)42-26-13-14-27-43(42)51(40-24-11-9-20-35(40)36-21-10-12-25-41(36)51)45-30-39-37-22-15-23-38(49(37)53-48(39)31-44(45)50)47-29-34(32-16-5-3-6-17-32)28-46(52-47)33-18-7-4-8-19-33/h3-31H,1-2H3. The minimum Gasteiger partial charge on any atom is -0.455 e. The van der Waals surface area contributed by atoms with Crippen molar-refractivity contribution in [3.8, 4) is 44.8 Å². The normalized spacial score (nSPS) is 14.5. The van der Waals surface area contributed by atoms with E-state index in [4.69, 9.17) is 9.40 Å². The molecule has 2 aliphatic carbocycles. The Kier molecular flexibility index (Phi) is 6.25. The Morgan fingerprint density at radius 2 is 0.962 bits per heavy atom. The molecule has 53 heavy (non-hydrogen) atoms. The van der Waals surface area contributed by atoms with Crippen LogP contribution in [0.3, 0.4) is 0 Å². The number of para-hydroxylation sites is 1. The second-order valence-electron chi connectivity index (χ2n) is 15.0. The van der Waals surface area contributed by atoms with E-state index in [1.54, 1.807) is 0 Å². The van der Waals surface area contributed by atoms with Crippen molar-refractivity contribution in [2.75, 3.05) is 0 Å². The average Bonchev–Trinajstić information content (AvgIpc) is 3.74. The maximum atomic E-state index is 7.03. The maximum absolute atomic E-state index is 7.03. The van der Waals surface area contributed by atoms with Gasteiger partial charge in [0.15, 0.2) is 0 Å². The van der Waals surface area contributed by atoms with Crippen LogP contribution < -0.4 is 0 Å². The highest BCUT2D eigenvalue weighted by Crippen LogP contribution is 2.62. The SMILES string of the molecule is CC1(C)c2ccccc2C2(c3ccccc3-c3ccccc32)c2cc3c(cc21)oc1c(-c2cc(-c4ccccc4)cc(-c4ccccc4)n2)cccc13. The third-order valence-corrected chi connectivity index (χ3v) is 11.9. The van der Waals surface area contributed by atoms with Crippen molar-refractivity contribution in [2.45, 2.75) is 24.7 Å². The molecule has 0 amide bonds. The second kappa shape index (κ2) is 11.0. The van der Waals surface area contributed by atoms with E-state index in [9.17, 15) is 0 Å². The first-order valence-electron chi connectivity index (χ1n) is 18.5. The zero-order chi connectivity index (χ0) is 35.3. The second-order valence-corrected chi connectivity index (χ2v) is 15.0. The molecule has 2 aliphatic rings. The van der Waals surface area contributed by atoms with Crippen LogP contribution in [0.15, 0.2) is 180 Å². The molecule has 0 atom stereocenters. The van der Waals surface area contributed by atoms with Crippen molar-refractivity contribution in [3.05, 3.63) is 209 Å². The van der Waals surface area contributed by atoms with Crippen molar-refractivity contribution in [1.29, 1.82) is 0 Å². The number of benzene rings is 7. The number of nitrogens with zero attached hydrogens (tertiary/aromatic N) is 1. The van der Waals surface area contributed by atoms with Crippen molar-refractivity contribution in [2.24, 2.45) is 0 Å². The maximum Gasteiger partial charge on any atom is 0.144 e. The number of hydrogen-bond donors (Lipinski definition) is 0. The number of rotatable bonds is 3. The smallest absolute Gasteiger partial charge is 0.144 e. The number of hydrogen-bond acceptors (Lipinski definition) is 2.